The molecule has 2 aromatic heterocycles. The van der Waals surface area contributed by atoms with Gasteiger partial charge in [-0.05, 0) is 0 Å². The summed E-state index contributed by atoms with van der Waals surface area (Å²) in [6, 6.07) is 1.89. The second-order valence-electron chi connectivity index (χ2n) is 3.45. The molecule has 0 aliphatic heterocycles. The molecule has 0 aliphatic carbocycles. The maximum atomic E-state index is 10.6. The maximum absolute atomic E-state index is 10.6. The number of aromatic nitrogens is 4. The second-order valence-corrected chi connectivity index (χ2v) is 7.32. The lowest BCUT2D eigenvalue weighted by Crippen LogP contribution is -2.05. The molecule has 0 aliphatic rings. The van der Waals surface area contributed by atoms with Crippen molar-refractivity contribution in [1.82, 2.24) is 20.0 Å². The maximum Gasteiger partial charge on any atom is 0.265 e. The van der Waals surface area contributed by atoms with Gasteiger partial charge >= 0.3 is 0 Å². The summed E-state index contributed by atoms with van der Waals surface area (Å²) in [5.41, 5.74) is 5.95. The molecule has 0 amide bonds. The van der Waals surface area contributed by atoms with Crippen LogP contribution in [0.3, 0.4) is 0 Å². The summed E-state index contributed by atoms with van der Waals surface area (Å²) in [7, 11) is -3.98. The average molecular weight is 332 g/mol. The summed E-state index contributed by atoms with van der Waals surface area (Å²) in [4.78, 5) is 0. The van der Waals surface area contributed by atoms with Crippen molar-refractivity contribution in [3.05, 3.63) is 11.8 Å². The lowest BCUT2D eigenvalue weighted by molar-refractivity contribution is 0.485. The third kappa shape index (κ3) is 3.45. The number of hydrogen-bond donors (Lipinski definition) is 2. The molecule has 0 saturated carbocycles. The second kappa shape index (κ2) is 5.75. The van der Waals surface area contributed by atoms with Crippen molar-refractivity contribution in [2.75, 3.05) is 17.2 Å². The third-order valence-electron chi connectivity index (χ3n) is 2.07. The summed E-state index contributed by atoms with van der Waals surface area (Å²) in [5, 5.41) is 20.8. The summed E-state index contributed by atoms with van der Waals surface area (Å²) in [5.74, 6) is -0.0428. The largest absolute Gasteiger partial charge is 0.382 e. The van der Waals surface area contributed by atoms with Crippen LogP contribution in [0.1, 0.15) is 5.56 Å². The van der Waals surface area contributed by atoms with Crippen LogP contribution in [0.2, 0.25) is 0 Å². The molecule has 0 bridgehead atoms. The fraction of sp³-hybridized carbons (Fsp3) is 0.250. The van der Waals surface area contributed by atoms with Crippen molar-refractivity contribution in [3.8, 4) is 11.2 Å². The highest BCUT2D eigenvalue weighted by molar-refractivity contribution is 8.01. The zero-order valence-electron chi connectivity index (χ0n) is 9.79. The minimum absolute atomic E-state index is 0.158. The van der Waals surface area contributed by atoms with E-state index in [1.807, 2.05) is 6.07 Å². The Morgan fingerprint density at radius 2 is 2.30 bits per heavy atom. The smallest absolute Gasteiger partial charge is 0.265 e. The van der Waals surface area contributed by atoms with E-state index in [1.165, 1.54) is 10.9 Å². The Kier molecular flexibility index (Phi) is 4.23. The van der Waals surface area contributed by atoms with Crippen LogP contribution >= 0.6 is 23.1 Å². The molecule has 2 aromatic rings. The molecular weight excluding hydrogens is 324 g/mol. The van der Waals surface area contributed by atoms with E-state index in [0.29, 0.717) is 9.47 Å². The number of nitriles is 1. The molecule has 0 unspecified atom stereocenters. The van der Waals surface area contributed by atoms with Gasteiger partial charge in [0.15, 0.2) is 4.34 Å². The number of nitrogens with zero attached hydrogens (tertiary/aromatic N) is 5. The standard InChI is InChI=1S/C8H8N6O3S3/c9-3-5-4-11-14(6(5)10)7-12-13-8(19-7)18-1-2-20(15,16)17/h4H,1-2,10H2,(H,15,16,17). The molecule has 0 aromatic carbocycles. The first-order valence-corrected chi connectivity index (χ1v) is 8.47. The normalized spacial score (nSPS) is 11.4. The van der Waals surface area contributed by atoms with Gasteiger partial charge in [-0.2, -0.15) is 23.5 Å². The van der Waals surface area contributed by atoms with Gasteiger partial charge < -0.3 is 5.73 Å². The summed E-state index contributed by atoms with van der Waals surface area (Å²) >= 11 is 2.29. The molecule has 20 heavy (non-hydrogen) atoms. The molecule has 106 valence electrons. The van der Waals surface area contributed by atoms with E-state index >= 15 is 0 Å². The van der Waals surface area contributed by atoms with Gasteiger partial charge in [0.2, 0.25) is 5.13 Å². The van der Waals surface area contributed by atoms with Crippen molar-refractivity contribution < 1.29 is 13.0 Å². The van der Waals surface area contributed by atoms with Gasteiger partial charge in [0.05, 0.1) is 11.9 Å². The predicted octanol–water partition coefficient (Wildman–Crippen LogP) is 0.158. The van der Waals surface area contributed by atoms with E-state index < -0.39 is 10.1 Å². The van der Waals surface area contributed by atoms with Crippen molar-refractivity contribution in [3.63, 3.8) is 0 Å². The molecule has 0 saturated heterocycles. The minimum Gasteiger partial charge on any atom is -0.382 e. The van der Waals surface area contributed by atoms with Crippen LogP contribution in [0.4, 0.5) is 5.82 Å². The van der Waals surface area contributed by atoms with Crippen molar-refractivity contribution in [2.45, 2.75) is 4.34 Å². The van der Waals surface area contributed by atoms with Crippen LogP contribution in [0.15, 0.2) is 10.5 Å². The molecule has 0 radical (unpaired) electrons. The van der Waals surface area contributed by atoms with Crippen LogP contribution in [-0.2, 0) is 10.1 Å². The highest BCUT2D eigenvalue weighted by atomic mass is 32.2. The van der Waals surface area contributed by atoms with Gasteiger partial charge in [-0.3, -0.25) is 4.55 Å². The first-order chi connectivity index (χ1) is 9.40. The quantitative estimate of drug-likeness (QED) is 0.576. The fourth-order valence-electron chi connectivity index (χ4n) is 1.18. The van der Waals surface area contributed by atoms with Gasteiger partial charge in [-0.1, -0.05) is 23.1 Å². The number of thioether (sulfide) groups is 1. The van der Waals surface area contributed by atoms with Gasteiger partial charge in [-0.15, -0.1) is 10.2 Å². The van der Waals surface area contributed by atoms with Crippen molar-refractivity contribution in [1.29, 1.82) is 5.26 Å². The molecule has 2 heterocycles. The molecule has 2 rings (SSSR count). The molecule has 0 atom stereocenters. The lowest BCUT2D eigenvalue weighted by Gasteiger charge is -1.96. The van der Waals surface area contributed by atoms with Crippen LogP contribution in [-0.4, -0.2) is 44.5 Å². The van der Waals surface area contributed by atoms with Crippen LogP contribution < -0.4 is 5.73 Å². The van der Waals surface area contributed by atoms with E-state index in [1.54, 1.807) is 0 Å². The molecule has 9 nitrogen and oxygen atoms in total. The summed E-state index contributed by atoms with van der Waals surface area (Å²) < 4.78 is 31.6. The zero-order chi connectivity index (χ0) is 14.8. The number of nitrogens with two attached hydrogens (primary N) is 1. The Morgan fingerprint density at radius 3 is 2.90 bits per heavy atom. The molecule has 3 N–H and O–H groups in total. The Bertz CT molecular complexity index is 759. The lowest BCUT2D eigenvalue weighted by atomic mass is 10.4. The predicted molar refractivity (Wildman–Crippen MR) is 73.3 cm³/mol. The Balaban J connectivity index is 2.09. The number of rotatable bonds is 5. The SMILES string of the molecule is N#Cc1cnn(-c2nnc(SCCS(=O)(=O)O)s2)c1N. The van der Waals surface area contributed by atoms with E-state index in [4.69, 9.17) is 15.5 Å². The van der Waals surface area contributed by atoms with E-state index in [9.17, 15) is 8.42 Å². The van der Waals surface area contributed by atoms with Crippen molar-refractivity contribution in [2.24, 2.45) is 0 Å². The molecule has 0 spiro atoms. The minimum atomic E-state index is -3.98. The van der Waals surface area contributed by atoms with E-state index in [2.05, 4.69) is 15.3 Å². The van der Waals surface area contributed by atoms with E-state index in [0.717, 1.165) is 23.1 Å². The van der Waals surface area contributed by atoms with Crippen LogP contribution in [0, 0.1) is 11.3 Å². The first-order valence-electron chi connectivity index (χ1n) is 5.06. The molecule has 12 heteroatoms. The highest BCUT2D eigenvalue weighted by Crippen LogP contribution is 2.26. The molecular formula is C8H8N6O3S3. The highest BCUT2D eigenvalue weighted by Gasteiger charge is 2.14. The van der Waals surface area contributed by atoms with Crippen LogP contribution in [0.25, 0.3) is 5.13 Å². The van der Waals surface area contributed by atoms with Gasteiger partial charge in [0, 0.05) is 5.75 Å². The Hall–Kier alpha value is -1.68. The first kappa shape index (κ1) is 14.7. The summed E-state index contributed by atoms with van der Waals surface area (Å²) in [6.07, 6.45) is 1.32. The number of nitrogen functional groups attached to an aromatic ring is 1. The fourth-order valence-corrected chi connectivity index (χ4v) is 3.89. The van der Waals surface area contributed by atoms with Gasteiger partial charge in [-0.25, -0.2) is 0 Å². The number of hydrogen-bond acceptors (Lipinski definition) is 9. The number of anilines is 1. The Morgan fingerprint density at radius 1 is 1.55 bits per heavy atom. The van der Waals surface area contributed by atoms with Gasteiger partial charge in [0.1, 0.15) is 17.5 Å². The topological polar surface area (TPSA) is 148 Å². The zero-order valence-corrected chi connectivity index (χ0v) is 12.2. The molecule has 0 fully saturated rings. The summed E-state index contributed by atoms with van der Waals surface area (Å²) in [6.45, 7) is 0. The third-order valence-corrected chi connectivity index (χ3v) is 5.08. The van der Waals surface area contributed by atoms with Crippen LogP contribution in [0.5, 0.6) is 0 Å². The average Bonchev–Trinajstić information content (AvgIpc) is 2.94. The van der Waals surface area contributed by atoms with E-state index in [-0.39, 0.29) is 22.9 Å². The monoisotopic (exact) mass is 332 g/mol. The Labute approximate surface area is 122 Å². The van der Waals surface area contributed by atoms with Gasteiger partial charge in [0.25, 0.3) is 10.1 Å². The van der Waals surface area contributed by atoms with Crippen molar-refractivity contribution >= 4 is 39.0 Å².